The second-order valence-corrected chi connectivity index (χ2v) is 11.3. The third-order valence-corrected chi connectivity index (χ3v) is 8.70. The van der Waals surface area contributed by atoms with Crippen molar-refractivity contribution >= 4 is 22.5 Å². The Balaban J connectivity index is 1.28. The molecule has 2 atom stereocenters. The second-order valence-electron chi connectivity index (χ2n) is 11.3. The number of anilines is 1. The van der Waals surface area contributed by atoms with E-state index in [1.807, 2.05) is 0 Å². The molecule has 2 fully saturated rings. The van der Waals surface area contributed by atoms with Gasteiger partial charge in [-0.15, -0.1) is 0 Å². The number of carbonyl (C=O) groups is 1. The van der Waals surface area contributed by atoms with Gasteiger partial charge in [-0.2, -0.15) is 9.97 Å². The normalized spacial score (nSPS) is 21.2. The Labute approximate surface area is 241 Å². The van der Waals surface area contributed by atoms with Crippen LogP contribution in [0.2, 0.25) is 0 Å². The van der Waals surface area contributed by atoms with Crippen molar-refractivity contribution in [1.29, 1.82) is 0 Å². The van der Waals surface area contributed by atoms with Crippen LogP contribution >= 0.6 is 0 Å². The molecule has 2 aromatic carbocycles. The van der Waals surface area contributed by atoms with Gasteiger partial charge in [0, 0.05) is 50.9 Å². The zero-order chi connectivity index (χ0) is 28.3. The number of likely N-dealkylation sites (tertiary alicyclic amines) is 1. The zero-order valence-electron chi connectivity index (χ0n) is 23.7. The van der Waals surface area contributed by atoms with E-state index in [4.69, 9.17) is 21.3 Å². The Morgan fingerprint density at radius 1 is 1.12 bits per heavy atom. The Morgan fingerprint density at radius 3 is 2.78 bits per heavy atom. The molecule has 212 valence electrons. The number of amides is 1. The first-order valence-corrected chi connectivity index (χ1v) is 14.5. The maximum Gasteiger partial charge on any atom is 0.318 e. The van der Waals surface area contributed by atoms with Crippen molar-refractivity contribution in [2.24, 2.45) is 0 Å². The molecule has 9 nitrogen and oxygen atoms in total. The summed E-state index contributed by atoms with van der Waals surface area (Å²) in [6.45, 7) is 17.0. The van der Waals surface area contributed by atoms with E-state index in [1.165, 1.54) is 28.8 Å². The number of hydrogen-bond donors (Lipinski definition) is 0. The van der Waals surface area contributed by atoms with E-state index >= 15 is 0 Å². The highest BCUT2D eigenvalue weighted by Crippen LogP contribution is 2.34. The van der Waals surface area contributed by atoms with E-state index in [0.717, 1.165) is 43.1 Å². The summed E-state index contributed by atoms with van der Waals surface area (Å²) in [5, 5.41) is 2.51. The standard InChI is InChI=1S/C32H37N7O2/c1-4-30(40)39-16-15-38(19-26(39)17-33-2)31-28-20-37(18-24-11-7-10-23-9-5-6-13-27(23)24)21-29(28)34-32(35-31)41-22-25-12-8-14-36(25)3/h4-7,9-11,13,25-26H,1,8,12,14-22H2,3H3/t25-,26-/m0/s1. The third kappa shape index (κ3) is 5.63. The minimum absolute atomic E-state index is 0.128. The Kier molecular flexibility index (Phi) is 7.86. The highest BCUT2D eigenvalue weighted by Gasteiger charge is 2.35. The third-order valence-electron chi connectivity index (χ3n) is 8.70. The average molecular weight is 552 g/mol. The summed E-state index contributed by atoms with van der Waals surface area (Å²) in [6, 6.07) is 15.6. The number of ether oxygens (including phenoxy) is 1. The largest absolute Gasteiger partial charge is 0.462 e. The van der Waals surface area contributed by atoms with Crippen molar-refractivity contribution in [3.63, 3.8) is 0 Å². The Hall–Kier alpha value is -4.00. The molecule has 41 heavy (non-hydrogen) atoms. The van der Waals surface area contributed by atoms with Crippen LogP contribution in [-0.4, -0.2) is 89.0 Å². The summed E-state index contributed by atoms with van der Waals surface area (Å²) in [4.78, 5) is 34.8. The lowest BCUT2D eigenvalue weighted by molar-refractivity contribution is -0.128. The van der Waals surface area contributed by atoms with Gasteiger partial charge in [-0.1, -0.05) is 49.0 Å². The lowest BCUT2D eigenvalue weighted by Gasteiger charge is -2.40. The molecule has 3 aliphatic rings. The van der Waals surface area contributed by atoms with Gasteiger partial charge in [0.15, 0.2) is 0 Å². The van der Waals surface area contributed by atoms with Crippen molar-refractivity contribution < 1.29 is 9.53 Å². The fourth-order valence-electron chi connectivity index (χ4n) is 6.47. The smallest absolute Gasteiger partial charge is 0.318 e. The molecule has 0 unspecified atom stereocenters. The minimum atomic E-state index is -0.220. The molecule has 0 bridgehead atoms. The van der Waals surface area contributed by atoms with Crippen LogP contribution in [0.3, 0.4) is 0 Å². The van der Waals surface area contributed by atoms with Gasteiger partial charge in [0.25, 0.3) is 0 Å². The van der Waals surface area contributed by atoms with Crippen molar-refractivity contribution in [1.82, 2.24) is 24.7 Å². The lowest BCUT2D eigenvalue weighted by Crippen LogP contribution is -2.56. The molecule has 9 heteroatoms. The highest BCUT2D eigenvalue weighted by atomic mass is 16.5. The quantitative estimate of drug-likeness (QED) is 0.312. The first-order valence-electron chi connectivity index (χ1n) is 14.5. The topological polar surface area (TPSA) is 69.4 Å². The van der Waals surface area contributed by atoms with Gasteiger partial charge in [-0.25, -0.2) is 6.57 Å². The number of carbonyl (C=O) groups excluding carboxylic acids is 1. The highest BCUT2D eigenvalue weighted by molar-refractivity contribution is 5.87. The van der Waals surface area contributed by atoms with Crippen molar-refractivity contribution in [3.8, 4) is 6.01 Å². The maximum atomic E-state index is 12.5. The molecule has 0 spiro atoms. The van der Waals surface area contributed by atoms with Gasteiger partial charge in [-0.3, -0.25) is 9.69 Å². The number of piperazine rings is 1. The van der Waals surface area contributed by atoms with Crippen LogP contribution in [0.15, 0.2) is 55.1 Å². The molecule has 0 radical (unpaired) electrons. The molecule has 0 N–H and O–H groups in total. The molecule has 0 saturated carbocycles. The van der Waals surface area contributed by atoms with Gasteiger partial charge in [0.2, 0.25) is 12.5 Å². The van der Waals surface area contributed by atoms with E-state index in [-0.39, 0.29) is 18.5 Å². The van der Waals surface area contributed by atoms with E-state index < -0.39 is 0 Å². The second kappa shape index (κ2) is 11.9. The van der Waals surface area contributed by atoms with Crippen LogP contribution in [0.5, 0.6) is 6.01 Å². The number of hydrogen-bond acceptors (Lipinski definition) is 7. The average Bonchev–Trinajstić information content (AvgIpc) is 3.60. The zero-order valence-corrected chi connectivity index (χ0v) is 23.7. The van der Waals surface area contributed by atoms with Gasteiger partial charge in [-0.05, 0) is 48.8 Å². The number of benzene rings is 2. The lowest BCUT2D eigenvalue weighted by atomic mass is 10.0. The fraction of sp³-hybridized carbons (Fsp3) is 0.438. The van der Waals surface area contributed by atoms with Crippen molar-refractivity contribution in [2.75, 3.05) is 51.3 Å². The molecular formula is C32H37N7O2. The number of likely N-dealkylation sites (N-methyl/N-ethyl adjacent to an activating group) is 1. The summed E-state index contributed by atoms with van der Waals surface area (Å²) < 4.78 is 6.24. The molecule has 1 amide bonds. The Bertz CT molecular complexity index is 1480. The van der Waals surface area contributed by atoms with Gasteiger partial charge in [0.1, 0.15) is 18.5 Å². The monoisotopic (exact) mass is 551 g/mol. The van der Waals surface area contributed by atoms with Crippen LogP contribution in [0, 0.1) is 6.57 Å². The number of aromatic nitrogens is 2. The summed E-state index contributed by atoms with van der Waals surface area (Å²) >= 11 is 0. The molecule has 0 aliphatic carbocycles. The predicted octanol–water partition coefficient (Wildman–Crippen LogP) is 3.74. The predicted molar refractivity (Wildman–Crippen MR) is 159 cm³/mol. The van der Waals surface area contributed by atoms with Gasteiger partial charge in [0.05, 0.1) is 5.69 Å². The molecule has 3 aliphatic heterocycles. The summed E-state index contributed by atoms with van der Waals surface area (Å²) in [5.74, 6) is 0.739. The molecular weight excluding hydrogens is 514 g/mol. The van der Waals surface area contributed by atoms with Gasteiger partial charge < -0.3 is 24.3 Å². The fourth-order valence-corrected chi connectivity index (χ4v) is 6.47. The van der Waals surface area contributed by atoms with Gasteiger partial charge >= 0.3 is 6.01 Å². The number of fused-ring (bicyclic) bond motifs is 2. The van der Waals surface area contributed by atoms with Crippen LogP contribution in [-0.2, 0) is 24.4 Å². The summed E-state index contributed by atoms with van der Waals surface area (Å²) in [6.07, 6.45) is 3.64. The molecule has 3 aromatic rings. The van der Waals surface area contributed by atoms with Crippen LogP contribution in [0.1, 0.15) is 29.7 Å². The summed E-state index contributed by atoms with van der Waals surface area (Å²) in [5.41, 5.74) is 3.40. The van der Waals surface area contributed by atoms with Crippen molar-refractivity contribution in [2.45, 2.75) is 44.6 Å². The first kappa shape index (κ1) is 27.2. The van der Waals surface area contributed by atoms with Crippen LogP contribution in [0.4, 0.5) is 5.82 Å². The van der Waals surface area contributed by atoms with E-state index in [2.05, 4.69) is 75.6 Å². The summed E-state index contributed by atoms with van der Waals surface area (Å²) in [7, 11) is 2.14. The maximum absolute atomic E-state index is 12.5. The number of rotatable bonds is 8. The first-order chi connectivity index (χ1) is 20.0. The van der Waals surface area contributed by atoms with E-state index in [0.29, 0.717) is 44.8 Å². The van der Waals surface area contributed by atoms with E-state index in [9.17, 15) is 4.79 Å². The van der Waals surface area contributed by atoms with Crippen LogP contribution in [0.25, 0.3) is 15.6 Å². The SMILES string of the molecule is [C-]#[N+]C[C@H]1CN(c2nc(OC[C@@H]3CCCN3C)nc3c2CN(Cc2cccc4ccccc24)C3)CCN1C(=O)C=C. The Morgan fingerprint density at radius 2 is 1.98 bits per heavy atom. The molecule has 4 heterocycles. The van der Waals surface area contributed by atoms with Crippen molar-refractivity contribution in [3.05, 3.63) is 83.4 Å². The molecule has 1 aromatic heterocycles. The molecule has 6 rings (SSSR count). The minimum Gasteiger partial charge on any atom is -0.462 e. The number of nitrogens with zero attached hydrogens (tertiary/aromatic N) is 7. The van der Waals surface area contributed by atoms with Crippen LogP contribution < -0.4 is 9.64 Å². The molecule has 2 saturated heterocycles. The van der Waals surface area contributed by atoms with E-state index in [1.54, 1.807) is 4.90 Å².